The highest BCUT2D eigenvalue weighted by atomic mass is 16.2. The van der Waals surface area contributed by atoms with Crippen LogP contribution in [0.2, 0.25) is 0 Å². The van der Waals surface area contributed by atoms with Crippen LogP contribution in [0, 0.1) is 12.8 Å². The number of benzene rings is 1. The number of anilines is 4. The van der Waals surface area contributed by atoms with Gasteiger partial charge < -0.3 is 15.5 Å². The van der Waals surface area contributed by atoms with Crippen molar-refractivity contribution in [1.82, 2.24) is 25.1 Å². The molecule has 1 aliphatic heterocycles. The number of amides is 2. The van der Waals surface area contributed by atoms with Crippen molar-refractivity contribution >= 4 is 34.7 Å². The van der Waals surface area contributed by atoms with Crippen LogP contribution in [0.1, 0.15) is 39.0 Å². The van der Waals surface area contributed by atoms with Crippen molar-refractivity contribution in [3.8, 4) is 5.69 Å². The molecule has 1 aromatic carbocycles. The number of para-hydroxylation sites is 1. The summed E-state index contributed by atoms with van der Waals surface area (Å²) in [6.07, 6.45) is 2.98. The van der Waals surface area contributed by atoms with E-state index in [1.165, 1.54) is 11.1 Å². The fourth-order valence-electron chi connectivity index (χ4n) is 4.09. The minimum Gasteiger partial charge on any atom is -0.364 e. The first kappa shape index (κ1) is 17.6. The minimum atomic E-state index is -2.67. The maximum absolute atomic E-state index is 12.9. The molecule has 2 amide bonds. The summed E-state index contributed by atoms with van der Waals surface area (Å²) < 4.78 is 24.1. The molecule has 0 saturated heterocycles. The van der Waals surface area contributed by atoms with Gasteiger partial charge in [0, 0.05) is 43.4 Å². The second-order valence-electron chi connectivity index (χ2n) is 8.36. The van der Waals surface area contributed by atoms with Gasteiger partial charge in [-0.05, 0) is 31.9 Å². The van der Waals surface area contributed by atoms with Gasteiger partial charge in [-0.1, -0.05) is 6.07 Å². The fraction of sp³-hybridized carbons (Fsp3) is 0.348. The standard InChI is InChI=1S/C23H26N8O2/c1-13-26-20-12-29(3)21-16(6-5-7-18(21)31(20)28-13)27-17-10-19(25-11-15(17)22(32)24-2)30(4)23(33)14-8-9-14/h5-7,10-11,14H,8-9,12H2,1-4H3,(H,24,32)(H,25,27)/i2D3. The summed E-state index contributed by atoms with van der Waals surface area (Å²) >= 11 is 0. The second kappa shape index (κ2) is 7.88. The summed E-state index contributed by atoms with van der Waals surface area (Å²) in [4.78, 5) is 37.7. The van der Waals surface area contributed by atoms with Gasteiger partial charge in [-0.3, -0.25) is 14.5 Å². The van der Waals surface area contributed by atoms with Crippen molar-refractivity contribution in [1.29, 1.82) is 0 Å². The lowest BCUT2D eigenvalue weighted by Gasteiger charge is -2.30. The molecule has 0 spiro atoms. The van der Waals surface area contributed by atoms with E-state index in [0.717, 1.165) is 30.0 Å². The molecule has 3 heterocycles. The van der Waals surface area contributed by atoms with Gasteiger partial charge in [-0.25, -0.2) is 14.6 Å². The number of aromatic nitrogens is 4. The Bertz CT molecular complexity index is 1370. The summed E-state index contributed by atoms with van der Waals surface area (Å²) in [7, 11) is 3.57. The lowest BCUT2D eigenvalue weighted by atomic mass is 10.1. The number of carbonyl (C=O) groups is 2. The molecule has 2 aliphatic rings. The highest BCUT2D eigenvalue weighted by molar-refractivity contribution is 6.02. The summed E-state index contributed by atoms with van der Waals surface area (Å²) in [5.74, 6) is 0.965. The molecule has 0 radical (unpaired) electrons. The van der Waals surface area contributed by atoms with Crippen molar-refractivity contribution < 1.29 is 13.7 Å². The van der Waals surface area contributed by atoms with Crippen LogP contribution in [0.15, 0.2) is 30.5 Å². The molecular weight excluding hydrogens is 420 g/mol. The molecule has 1 aliphatic carbocycles. The van der Waals surface area contributed by atoms with Crippen LogP contribution < -0.4 is 20.4 Å². The van der Waals surface area contributed by atoms with Crippen molar-refractivity contribution in [3.05, 3.63) is 47.7 Å². The van der Waals surface area contributed by atoms with Crippen LogP contribution in [0.25, 0.3) is 5.69 Å². The summed E-state index contributed by atoms with van der Waals surface area (Å²) in [6.45, 7) is -0.306. The van der Waals surface area contributed by atoms with Crippen molar-refractivity contribution in [2.45, 2.75) is 26.3 Å². The Balaban J connectivity index is 1.57. The van der Waals surface area contributed by atoms with E-state index in [1.807, 2.05) is 42.4 Å². The molecule has 0 bridgehead atoms. The lowest BCUT2D eigenvalue weighted by Crippen LogP contribution is -2.29. The number of nitrogens with one attached hydrogen (secondary N) is 2. The van der Waals surface area contributed by atoms with Gasteiger partial charge in [0.1, 0.15) is 11.6 Å². The Hall–Kier alpha value is -3.95. The van der Waals surface area contributed by atoms with Gasteiger partial charge in [0.05, 0.1) is 34.9 Å². The second-order valence-corrected chi connectivity index (χ2v) is 8.36. The van der Waals surface area contributed by atoms with Gasteiger partial charge in [-0.15, -0.1) is 0 Å². The van der Waals surface area contributed by atoms with Crippen molar-refractivity contribution in [2.75, 3.05) is 36.2 Å². The van der Waals surface area contributed by atoms with Gasteiger partial charge in [-0.2, -0.15) is 5.10 Å². The highest BCUT2D eigenvalue weighted by Gasteiger charge is 2.33. The molecule has 1 saturated carbocycles. The van der Waals surface area contributed by atoms with Gasteiger partial charge in [0.25, 0.3) is 5.91 Å². The topological polar surface area (TPSA) is 108 Å². The van der Waals surface area contributed by atoms with Crippen LogP contribution in [-0.4, -0.2) is 52.6 Å². The molecule has 5 rings (SSSR count). The third-order valence-corrected chi connectivity index (χ3v) is 5.90. The Morgan fingerprint density at radius 2 is 2.09 bits per heavy atom. The quantitative estimate of drug-likeness (QED) is 0.616. The number of pyridine rings is 1. The number of carbonyl (C=O) groups excluding carboxylic acids is 2. The first-order chi connectivity index (χ1) is 17.0. The van der Waals surface area contributed by atoms with E-state index in [1.54, 1.807) is 17.8 Å². The number of nitrogens with zero attached hydrogens (tertiary/aromatic N) is 6. The zero-order chi connectivity index (χ0) is 25.8. The van der Waals surface area contributed by atoms with Crippen LogP contribution in [-0.2, 0) is 11.3 Å². The molecule has 33 heavy (non-hydrogen) atoms. The van der Waals surface area contributed by atoms with E-state index in [4.69, 9.17) is 4.11 Å². The largest absolute Gasteiger partial charge is 0.364 e. The predicted molar refractivity (Wildman–Crippen MR) is 125 cm³/mol. The fourth-order valence-corrected chi connectivity index (χ4v) is 4.09. The Morgan fingerprint density at radius 1 is 1.27 bits per heavy atom. The normalized spacial score (nSPS) is 16.1. The molecule has 1 fully saturated rings. The molecule has 0 atom stereocenters. The summed E-state index contributed by atoms with van der Waals surface area (Å²) in [5.41, 5.74) is 2.67. The summed E-state index contributed by atoms with van der Waals surface area (Å²) in [6, 6.07) is 7.22. The highest BCUT2D eigenvalue weighted by Crippen LogP contribution is 2.39. The molecule has 2 aromatic heterocycles. The van der Waals surface area contributed by atoms with Crippen LogP contribution in [0.4, 0.5) is 22.9 Å². The van der Waals surface area contributed by atoms with Gasteiger partial charge in [0.2, 0.25) is 5.91 Å². The van der Waals surface area contributed by atoms with E-state index in [0.29, 0.717) is 29.6 Å². The molecule has 2 N–H and O–H groups in total. The predicted octanol–water partition coefficient (Wildman–Crippen LogP) is 2.40. The first-order valence-electron chi connectivity index (χ1n) is 12.2. The average Bonchev–Trinajstić information content (AvgIpc) is 3.58. The van der Waals surface area contributed by atoms with Crippen LogP contribution >= 0.6 is 0 Å². The number of rotatable bonds is 5. The lowest BCUT2D eigenvalue weighted by molar-refractivity contribution is -0.119. The van der Waals surface area contributed by atoms with Gasteiger partial charge >= 0.3 is 0 Å². The van der Waals surface area contributed by atoms with E-state index in [9.17, 15) is 9.59 Å². The average molecular weight is 450 g/mol. The monoisotopic (exact) mass is 449 g/mol. The zero-order valence-corrected chi connectivity index (χ0v) is 18.6. The summed E-state index contributed by atoms with van der Waals surface area (Å²) in [5, 5.41) is 9.82. The molecule has 170 valence electrons. The molecule has 0 unspecified atom stereocenters. The maximum atomic E-state index is 12.9. The van der Waals surface area contributed by atoms with E-state index in [-0.39, 0.29) is 17.4 Å². The smallest absolute Gasteiger partial charge is 0.254 e. The number of hydrogen-bond donors (Lipinski definition) is 2. The van der Waals surface area contributed by atoms with Crippen LogP contribution in [0.3, 0.4) is 0 Å². The third kappa shape index (κ3) is 3.67. The number of aryl methyl sites for hydroxylation is 1. The Labute approximate surface area is 195 Å². The van der Waals surface area contributed by atoms with Crippen molar-refractivity contribution in [2.24, 2.45) is 5.92 Å². The third-order valence-electron chi connectivity index (χ3n) is 5.90. The number of hydrogen-bond acceptors (Lipinski definition) is 7. The SMILES string of the molecule is [2H]C([2H])([2H])NC(=O)c1cnc(N(C)C(=O)C2CC2)cc1Nc1cccc2c1N(C)Cc1nc(C)nn1-2. The van der Waals surface area contributed by atoms with E-state index in [2.05, 4.69) is 20.4 Å². The maximum Gasteiger partial charge on any atom is 0.254 e. The van der Waals surface area contributed by atoms with E-state index < -0.39 is 12.9 Å². The van der Waals surface area contributed by atoms with Crippen molar-refractivity contribution in [3.63, 3.8) is 0 Å². The Kier molecular flexibility index (Phi) is 4.20. The number of fused-ring (bicyclic) bond motifs is 3. The van der Waals surface area contributed by atoms with Crippen LogP contribution in [0.5, 0.6) is 0 Å². The first-order valence-corrected chi connectivity index (χ1v) is 10.7. The zero-order valence-electron chi connectivity index (χ0n) is 21.6. The molecular formula is C23H26N8O2. The molecule has 3 aromatic rings. The Morgan fingerprint density at radius 3 is 2.85 bits per heavy atom. The molecule has 10 heteroatoms. The van der Waals surface area contributed by atoms with E-state index >= 15 is 0 Å². The molecule has 10 nitrogen and oxygen atoms in total. The van der Waals surface area contributed by atoms with Gasteiger partial charge in [0.15, 0.2) is 5.82 Å². The minimum absolute atomic E-state index is 0.0122.